The summed E-state index contributed by atoms with van der Waals surface area (Å²) in [5.41, 5.74) is 0.612. The Labute approximate surface area is 303 Å². The number of carbonyl (C=O) groups is 2. The van der Waals surface area contributed by atoms with Gasteiger partial charge in [0.2, 0.25) is 11.8 Å². The largest absolute Gasteiger partial charge is 0.339 e. The maximum absolute atomic E-state index is 13.3. The molecule has 1 aromatic heterocycles. The predicted octanol–water partition coefficient (Wildman–Crippen LogP) is 11.8. The number of allylic oxidation sites excluding steroid dienone is 1. The molecule has 2 aromatic carbocycles. The molecular formula is C37H46Cl4N4O3. The number of nitrogens with one attached hydrogen (secondary N) is 2. The maximum Gasteiger partial charge on any atom is 0.273 e. The van der Waals surface area contributed by atoms with E-state index in [4.69, 9.17) is 46.4 Å². The Kier molecular flexibility index (Phi) is 15.5. The number of rotatable bonds is 20. The van der Waals surface area contributed by atoms with E-state index in [1.54, 1.807) is 18.2 Å². The molecule has 260 valence electrons. The Morgan fingerprint density at radius 2 is 1.35 bits per heavy atom. The predicted molar refractivity (Wildman–Crippen MR) is 201 cm³/mol. The van der Waals surface area contributed by atoms with Crippen molar-refractivity contribution in [3.8, 4) is 5.69 Å². The zero-order valence-electron chi connectivity index (χ0n) is 27.6. The molecule has 0 saturated carbocycles. The molecule has 1 aliphatic rings. The summed E-state index contributed by atoms with van der Waals surface area (Å²) in [7, 11) is 0. The summed E-state index contributed by atoms with van der Waals surface area (Å²) in [5.74, 6) is -0.733. The average molecular weight is 737 g/mol. The van der Waals surface area contributed by atoms with Crippen molar-refractivity contribution in [1.82, 2.24) is 9.78 Å². The molecular weight excluding hydrogens is 690 g/mol. The van der Waals surface area contributed by atoms with E-state index in [1.807, 2.05) is 12.2 Å². The van der Waals surface area contributed by atoms with Crippen LogP contribution in [0.15, 0.2) is 53.3 Å². The Morgan fingerprint density at radius 1 is 0.771 bits per heavy atom. The molecule has 1 saturated heterocycles. The van der Waals surface area contributed by atoms with E-state index in [9.17, 15) is 14.4 Å². The second kappa shape index (κ2) is 19.5. The van der Waals surface area contributed by atoms with Crippen LogP contribution in [-0.4, -0.2) is 21.6 Å². The van der Waals surface area contributed by atoms with Crippen molar-refractivity contribution in [3.05, 3.63) is 79.0 Å². The highest BCUT2D eigenvalue weighted by Gasteiger charge is 2.38. The molecule has 1 aliphatic heterocycles. The molecule has 0 spiro atoms. The fourth-order valence-electron chi connectivity index (χ4n) is 6.06. The number of anilines is 3. The second-order valence-electron chi connectivity index (χ2n) is 12.5. The molecule has 7 nitrogen and oxygen atoms in total. The SMILES string of the molecule is CCCCCCCCCCCCCCCCC=CC1CC(=O)N(c2ccc(Cl)c(Nc3cc(=O)n(-c4c(Cl)cc(Cl)cc4Cl)[nH]3)c2)C1=O. The van der Waals surface area contributed by atoms with Gasteiger partial charge in [0.05, 0.1) is 32.4 Å². The molecule has 0 aliphatic carbocycles. The van der Waals surface area contributed by atoms with Gasteiger partial charge in [-0.15, -0.1) is 0 Å². The molecule has 1 unspecified atom stereocenters. The first-order valence-electron chi connectivity index (χ1n) is 17.3. The first-order valence-corrected chi connectivity index (χ1v) is 18.8. The highest BCUT2D eigenvalue weighted by molar-refractivity contribution is 6.40. The van der Waals surface area contributed by atoms with Gasteiger partial charge in [-0.3, -0.25) is 19.5 Å². The monoisotopic (exact) mass is 734 g/mol. The number of aromatic nitrogens is 2. The van der Waals surface area contributed by atoms with E-state index in [0.29, 0.717) is 27.2 Å². The fraction of sp³-hybridized carbons (Fsp3) is 0.486. The van der Waals surface area contributed by atoms with Gasteiger partial charge >= 0.3 is 0 Å². The van der Waals surface area contributed by atoms with Gasteiger partial charge in [0.1, 0.15) is 11.5 Å². The van der Waals surface area contributed by atoms with Crippen molar-refractivity contribution in [2.24, 2.45) is 5.92 Å². The second-order valence-corrected chi connectivity index (χ2v) is 14.2. The minimum atomic E-state index is -0.490. The molecule has 48 heavy (non-hydrogen) atoms. The number of halogens is 4. The summed E-state index contributed by atoms with van der Waals surface area (Å²) in [5, 5.41) is 7.03. The fourth-order valence-corrected chi connectivity index (χ4v) is 7.21. The quantitative estimate of drug-likeness (QED) is 0.0687. The standard InChI is InChI=1S/C37H46Cl4N4O3/c1-2-3-4-5-6-7-8-9-10-11-12-13-14-15-16-17-18-26-21-34(46)44(37(26)48)28-19-20-29(39)32(24-28)42-33-25-35(47)45(43-33)36-30(40)22-27(38)23-31(36)41/h17-20,22-26,42-43H,2-16,21H2,1H3. The summed E-state index contributed by atoms with van der Waals surface area (Å²) < 4.78 is 1.18. The lowest BCUT2D eigenvalue weighted by Gasteiger charge is -2.17. The number of aromatic amines is 1. The highest BCUT2D eigenvalue weighted by Crippen LogP contribution is 2.35. The van der Waals surface area contributed by atoms with Crippen LogP contribution >= 0.6 is 46.4 Å². The van der Waals surface area contributed by atoms with Gasteiger partial charge in [-0.2, -0.15) is 0 Å². The van der Waals surface area contributed by atoms with Gasteiger partial charge < -0.3 is 5.32 Å². The molecule has 4 rings (SSSR count). The molecule has 1 atom stereocenters. The molecule has 0 radical (unpaired) electrons. The normalized spacial score (nSPS) is 14.9. The van der Waals surface area contributed by atoms with Crippen molar-refractivity contribution in [1.29, 1.82) is 0 Å². The van der Waals surface area contributed by atoms with E-state index >= 15 is 0 Å². The zero-order chi connectivity index (χ0) is 34.5. The average Bonchev–Trinajstić information content (AvgIpc) is 3.54. The smallest absolute Gasteiger partial charge is 0.273 e. The van der Waals surface area contributed by atoms with Crippen LogP contribution < -0.4 is 15.8 Å². The molecule has 0 bridgehead atoms. The van der Waals surface area contributed by atoms with Crippen molar-refractivity contribution in [3.63, 3.8) is 0 Å². The molecule has 11 heteroatoms. The van der Waals surface area contributed by atoms with Gasteiger partial charge in [-0.1, -0.05) is 149 Å². The minimum Gasteiger partial charge on any atom is -0.339 e. The minimum absolute atomic E-state index is 0.123. The maximum atomic E-state index is 13.3. The lowest BCUT2D eigenvalue weighted by Crippen LogP contribution is -2.30. The van der Waals surface area contributed by atoms with Crippen molar-refractivity contribution < 1.29 is 9.59 Å². The summed E-state index contributed by atoms with van der Waals surface area (Å²) in [4.78, 5) is 40.2. The topological polar surface area (TPSA) is 87.2 Å². The van der Waals surface area contributed by atoms with Crippen LogP contribution in [-0.2, 0) is 9.59 Å². The van der Waals surface area contributed by atoms with Crippen LogP contribution in [0.1, 0.15) is 110 Å². The number of unbranched alkanes of at least 4 members (excludes halogenated alkanes) is 14. The Morgan fingerprint density at radius 3 is 1.96 bits per heavy atom. The van der Waals surface area contributed by atoms with Crippen LogP contribution in [0, 0.1) is 5.92 Å². The summed E-state index contributed by atoms with van der Waals surface area (Å²) >= 11 is 25.1. The van der Waals surface area contributed by atoms with Gasteiger partial charge in [0.15, 0.2) is 0 Å². The molecule has 2 N–H and O–H groups in total. The number of carbonyl (C=O) groups excluding carboxylic acids is 2. The van der Waals surface area contributed by atoms with Crippen molar-refractivity contribution >= 4 is 75.4 Å². The molecule has 1 fully saturated rings. The van der Waals surface area contributed by atoms with E-state index < -0.39 is 11.5 Å². The first kappa shape index (κ1) is 38.1. The number of imide groups is 1. The van der Waals surface area contributed by atoms with Crippen LogP contribution in [0.25, 0.3) is 5.69 Å². The number of H-pyrrole nitrogens is 1. The number of hydrogen-bond acceptors (Lipinski definition) is 4. The van der Waals surface area contributed by atoms with Crippen LogP contribution in [0.5, 0.6) is 0 Å². The highest BCUT2D eigenvalue weighted by atomic mass is 35.5. The van der Waals surface area contributed by atoms with E-state index in [1.165, 1.54) is 111 Å². The van der Waals surface area contributed by atoms with E-state index in [-0.39, 0.29) is 34.0 Å². The number of nitrogens with zero attached hydrogens (tertiary/aromatic N) is 2. The van der Waals surface area contributed by atoms with Crippen LogP contribution in [0.2, 0.25) is 20.1 Å². The summed E-state index contributed by atoms with van der Waals surface area (Å²) in [6.07, 6.45) is 23.4. The van der Waals surface area contributed by atoms with Crippen molar-refractivity contribution in [2.45, 2.75) is 110 Å². The van der Waals surface area contributed by atoms with Gasteiger partial charge in [-0.05, 0) is 43.2 Å². The van der Waals surface area contributed by atoms with Crippen LogP contribution in [0.4, 0.5) is 17.2 Å². The molecule has 2 heterocycles. The summed E-state index contributed by atoms with van der Waals surface area (Å²) in [6, 6.07) is 9.12. The van der Waals surface area contributed by atoms with Crippen molar-refractivity contribution in [2.75, 3.05) is 10.2 Å². The lowest BCUT2D eigenvalue weighted by atomic mass is 10.0. The van der Waals surface area contributed by atoms with Gasteiger partial charge in [-0.25, -0.2) is 9.58 Å². The number of hydrogen-bond donors (Lipinski definition) is 2. The number of amides is 2. The third-order valence-corrected chi connectivity index (χ3v) is 9.80. The third kappa shape index (κ3) is 10.9. The Hall–Kier alpha value is -2.71. The number of benzene rings is 2. The zero-order valence-corrected chi connectivity index (χ0v) is 30.7. The first-order chi connectivity index (χ1) is 23.2. The van der Waals surface area contributed by atoms with E-state index in [0.717, 1.165) is 12.8 Å². The Bertz CT molecular complexity index is 1590. The summed E-state index contributed by atoms with van der Waals surface area (Å²) in [6.45, 7) is 2.26. The lowest BCUT2D eigenvalue weighted by molar-refractivity contribution is -0.121. The third-order valence-electron chi connectivity index (χ3n) is 8.68. The van der Waals surface area contributed by atoms with E-state index in [2.05, 4.69) is 17.3 Å². The Balaban J connectivity index is 1.22. The van der Waals surface area contributed by atoms with Gasteiger partial charge in [0, 0.05) is 17.5 Å². The van der Waals surface area contributed by atoms with Gasteiger partial charge in [0.25, 0.3) is 5.56 Å². The van der Waals surface area contributed by atoms with Crippen LogP contribution in [0.3, 0.4) is 0 Å². The molecule has 3 aromatic rings. The molecule has 2 amide bonds.